The van der Waals surface area contributed by atoms with Gasteiger partial charge in [0, 0.05) is 78.8 Å². The van der Waals surface area contributed by atoms with Crippen molar-refractivity contribution in [2.45, 2.75) is 122 Å². The minimum absolute atomic E-state index is 0.0504. The van der Waals surface area contributed by atoms with Crippen LogP contribution in [0.4, 0.5) is 35.0 Å². The predicted molar refractivity (Wildman–Crippen MR) is 335 cm³/mol. The number of alkyl halides is 3. The van der Waals surface area contributed by atoms with Crippen molar-refractivity contribution in [3.8, 4) is 28.7 Å². The molecule has 0 aliphatic carbocycles. The standard InChI is InChI=1S/C63H78F3N7O15Si2/c1-37(2)55(69-62(80)81)57(75)67-38(3)56(74)68-43-17-13-39(14-18-43)41-27-49-60(78)72(35-84-23-25-89(6,7)8)47-31-53(51(82-4)29-45(47)58(76)70(49)33-41)86-21-12-22-87-54-32-48-46(30-52(54)83-5)59(77)71-34-42(40-15-19-44(20-16-40)88-63(64,65)66)28-50(71)61(79)73(48)36-85-24-26-90(9,10)11/h13-20,29-34,37-38,49-50,55,69H,12,21-28,35-36H2,1-11H3,(H,67,75)(H,68,74)(H,80,81)/t38?,49-,50-,55?/m0/s1. The third kappa shape index (κ3) is 16.5. The zero-order chi connectivity index (χ0) is 65.6. The first-order valence-corrected chi connectivity index (χ1v) is 37.0. The average Bonchev–Trinajstić information content (AvgIpc) is 1.60. The van der Waals surface area contributed by atoms with Gasteiger partial charge in [-0.2, -0.15) is 0 Å². The van der Waals surface area contributed by atoms with Crippen LogP contribution in [0.15, 0.2) is 85.2 Å². The van der Waals surface area contributed by atoms with E-state index >= 15 is 0 Å². The molecule has 0 fully saturated rings. The lowest BCUT2D eigenvalue weighted by Gasteiger charge is -2.27. The SMILES string of the molecule is COc1cc2c(cc1OCCCOc1cc3c(cc1OC)C(=O)N1C=C(c4ccc(OC(F)(F)F)cc4)C[C@H]1C(=O)N3COCC[Si](C)(C)C)N(COCC[Si](C)(C)C)C(=O)[C@@H]1CC(c3ccc(NC(=O)C(C)NC(=O)C(NC(=O)O)C(C)C)cc3)=CN1C2=O. The first-order valence-electron chi connectivity index (χ1n) is 29.6. The topological polar surface area (TPSA) is 253 Å². The van der Waals surface area contributed by atoms with Crippen LogP contribution in [0.3, 0.4) is 0 Å². The van der Waals surface area contributed by atoms with Gasteiger partial charge in [0.2, 0.25) is 11.8 Å². The van der Waals surface area contributed by atoms with E-state index in [-0.39, 0.29) is 97.4 Å². The highest BCUT2D eigenvalue weighted by molar-refractivity contribution is 6.76. The van der Waals surface area contributed by atoms with Gasteiger partial charge in [-0.15, -0.1) is 13.2 Å². The number of halogens is 3. The van der Waals surface area contributed by atoms with Gasteiger partial charge in [0.05, 0.1) is 49.9 Å². The lowest BCUT2D eigenvalue weighted by Crippen LogP contribution is -2.53. The Morgan fingerprint density at radius 1 is 0.622 bits per heavy atom. The van der Waals surface area contributed by atoms with E-state index in [9.17, 15) is 51.8 Å². The molecule has 4 N–H and O–H groups in total. The summed E-state index contributed by atoms with van der Waals surface area (Å²) < 4.78 is 79.4. The Morgan fingerprint density at radius 3 is 1.47 bits per heavy atom. The Kier molecular flexibility index (Phi) is 21.1. The number of methoxy groups -OCH3 is 2. The highest BCUT2D eigenvalue weighted by Gasteiger charge is 2.46. The molecule has 4 heterocycles. The fraction of sp³-hybridized carbons (Fsp3) is 0.444. The van der Waals surface area contributed by atoms with Crippen molar-refractivity contribution < 1.29 is 85.0 Å². The zero-order valence-electron chi connectivity index (χ0n) is 52.3. The number of carbonyl (C=O) groups is 7. The maximum absolute atomic E-state index is 14.9. The predicted octanol–water partition coefficient (Wildman–Crippen LogP) is 10.0. The van der Waals surface area contributed by atoms with E-state index in [0.717, 1.165) is 12.1 Å². The molecule has 4 atom stereocenters. The van der Waals surface area contributed by atoms with Gasteiger partial charge in [-0.3, -0.25) is 38.6 Å². The van der Waals surface area contributed by atoms with Gasteiger partial charge in [0.1, 0.15) is 43.4 Å². The molecule has 4 aliphatic heterocycles. The van der Waals surface area contributed by atoms with Crippen LogP contribution in [0.1, 0.15) is 71.9 Å². The van der Waals surface area contributed by atoms with Crippen molar-refractivity contribution >= 4 is 85.9 Å². The molecule has 0 radical (unpaired) electrons. The Balaban J connectivity index is 0.982. The Hall–Kier alpha value is -8.41. The molecule has 0 saturated carbocycles. The summed E-state index contributed by atoms with van der Waals surface area (Å²) in [7, 11) is -0.262. The molecule has 27 heteroatoms. The highest BCUT2D eigenvalue weighted by Crippen LogP contribution is 2.45. The Labute approximate surface area is 522 Å². The Morgan fingerprint density at radius 2 is 1.07 bits per heavy atom. The second kappa shape index (κ2) is 28.2. The van der Waals surface area contributed by atoms with E-state index in [2.05, 4.69) is 60.0 Å². The van der Waals surface area contributed by atoms with Crippen LogP contribution in [0.2, 0.25) is 51.4 Å². The minimum atomic E-state index is -4.88. The summed E-state index contributed by atoms with van der Waals surface area (Å²) in [6, 6.07) is 15.8. The molecule has 2 unspecified atom stereocenters. The lowest BCUT2D eigenvalue weighted by atomic mass is 10.0. The fourth-order valence-corrected chi connectivity index (χ4v) is 11.9. The van der Waals surface area contributed by atoms with Crippen molar-refractivity contribution in [1.29, 1.82) is 0 Å². The largest absolute Gasteiger partial charge is 0.573 e. The van der Waals surface area contributed by atoms with Gasteiger partial charge < -0.3 is 64.0 Å². The molecule has 0 aromatic heterocycles. The second-order valence-electron chi connectivity index (χ2n) is 25.0. The Bertz CT molecular complexity index is 3430. The van der Waals surface area contributed by atoms with Crippen LogP contribution < -0.4 is 49.4 Å². The number of nitrogens with one attached hydrogen (secondary N) is 3. The number of hydrogen-bond donors (Lipinski definition) is 4. The quantitative estimate of drug-likeness (QED) is 0.0320. The molecule has 4 aliphatic rings. The summed E-state index contributed by atoms with van der Waals surface area (Å²) in [6.45, 7) is 18.6. The first-order chi connectivity index (χ1) is 42.4. The molecule has 90 heavy (non-hydrogen) atoms. The maximum atomic E-state index is 14.9. The summed E-state index contributed by atoms with van der Waals surface area (Å²) in [5.74, 6) is -2.95. The number of rotatable bonds is 27. The third-order valence-electron chi connectivity index (χ3n) is 15.5. The van der Waals surface area contributed by atoms with E-state index in [1.807, 2.05) is 0 Å². The van der Waals surface area contributed by atoms with Crippen LogP contribution in [-0.2, 0) is 28.7 Å². The lowest BCUT2D eigenvalue weighted by molar-refractivity contribution is -0.274. The highest BCUT2D eigenvalue weighted by atomic mass is 28.3. The minimum Gasteiger partial charge on any atom is -0.493 e. The fourth-order valence-electron chi connectivity index (χ4n) is 10.4. The van der Waals surface area contributed by atoms with E-state index in [4.69, 9.17) is 28.4 Å². The number of carboxylic acid groups (broad SMARTS) is 1. The molecular formula is C63H78F3N7O15Si2. The van der Waals surface area contributed by atoms with E-state index in [1.165, 1.54) is 83.3 Å². The number of fused-ring (bicyclic) bond motifs is 4. The monoisotopic (exact) mass is 1290 g/mol. The molecular weight excluding hydrogens is 1210 g/mol. The van der Waals surface area contributed by atoms with Crippen molar-refractivity contribution in [2.24, 2.45) is 5.92 Å². The van der Waals surface area contributed by atoms with Crippen molar-refractivity contribution in [3.63, 3.8) is 0 Å². The normalized spacial score (nSPS) is 17.3. The number of nitrogens with zero attached hydrogens (tertiary/aromatic N) is 4. The molecule has 0 saturated heterocycles. The molecule has 4 aromatic carbocycles. The number of benzene rings is 4. The van der Waals surface area contributed by atoms with E-state index < -0.39 is 94.0 Å². The van der Waals surface area contributed by atoms with Crippen LogP contribution in [0.25, 0.3) is 11.1 Å². The van der Waals surface area contributed by atoms with Crippen LogP contribution in [-0.4, -0.2) is 157 Å². The zero-order valence-corrected chi connectivity index (χ0v) is 54.3. The van der Waals surface area contributed by atoms with E-state index in [0.29, 0.717) is 41.2 Å². The molecule has 22 nitrogen and oxygen atoms in total. The number of carbonyl (C=O) groups excluding carboxylic acids is 6. The summed E-state index contributed by atoms with van der Waals surface area (Å²) >= 11 is 0. The molecule has 484 valence electrons. The maximum Gasteiger partial charge on any atom is 0.573 e. The number of ether oxygens (including phenoxy) is 7. The molecule has 4 aromatic rings. The summed E-state index contributed by atoms with van der Waals surface area (Å²) in [4.78, 5) is 102. The smallest absolute Gasteiger partial charge is 0.493 e. The van der Waals surface area contributed by atoms with Gasteiger partial charge in [-0.05, 0) is 83.6 Å². The van der Waals surface area contributed by atoms with Gasteiger partial charge in [0.15, 0.2) is 23.0 Å². The van der Waals surface area contributed by atoms with Crippen LogP contribution >= 0.6 is 0 Å². The second-order valence-corrected chi connectivity index (χ2v) is 36.3. The van der Waals surface area contributed by atoms with Crippen molar-refractivity contribution in [1.82, 2.24) is 20.4 Å². The number of anilines is 3. The summed E-state index contributed by atoms with van der Waals surface area (Å²) in [5, 5.41) is 16.7. The third-order valence-corrected chi connectivity index (χ3v) is 18.9. The van der Waals surface area contributed by atoms with E-state index in [1.54, 1.807) is 56.4 Å². The molecule has 0 spiro atoms. The first kappa shape index (κ1) is 67.5. The molecule has 0 bridgehead atoms. The summed E-state index contributed by atoms with van der Waals surface area (Å²) in [5.41, 5.74) is 3.59. The van der Waals surface area contributed by atoms with Gasteiger partial charge in [-0.25, -0.2) is 4.79 Å². The van der Waals surface area contributed by atoms with Crippen molar-refractivity contribution in [2.75, 3.05) is 69.2 Å². The van der Waals surface area contributed by atoms with Gasteiger partial charge in [0.25, 0.3) is 23.6 Å². The summed E-state index contributed by atoms with van der Waals surface area (Å²) in [6.07, 6.45) is -2.57. The molecule has 7 amide bonds. The van der Waals surface area contributed by atoms with Gasteiger partial charge in [-0.1, -0.05) is 77.4 Å². The van der Waals surface area contributed by atoms with Crippen molar-refractivity contribution in [3.05, 3.63) is 107 Å². The molecule has 8 rings (SSSR count). The van der Waals surface area contributed by atoms with Gasteiger partial charge >= 0.3 is 12.5 Å². The average molecular weight is 1290 g/mol. The van der Waals surface area contributed by atoms with Crippen LogP contribution in [0.5, 0.6) is 28.7 Å². The number of amides is 7. The van der Waals surface area contributed by atoms with Crippen LogP contribution in [0, 0.1) is 5.92 Å². The number of hydrogen-bond acceptors (Lipinski definition) is 14.